The normalized spacial score (nSPS) is 10.4. The molecule has 1 aromatic carbocycles. The highest BCUT2D eigenvalue weighted by Gasteiger charge is 2.08. The van der Waals surface area contributed by atoms with E-state index in [1.807, 2.05) is 31.2 Å². The van der Waals surface area contributed by atoms with E-state index in [4.69, 9.17) is 5.84 Å². The summed E-state index contributed by atoms with van der Waals surface area (Å²) in [5, 5.41) is 0.293. The summed E-state index contributed by atoms with van der Waals surface area (Å²) in [5.41, 5.74) is 4.63. The summed E-state index contributed by atoms with van der Waals surface area (Å²) in [6, 6.07) is 7.99. The van der Waals surface area contributed by atoms with Crippen LogP contribution in [-0.4, -0.2) is 9.97 Å². The molecule has 0 aliphatic carbocycles. The maximum Gasteiger partial charge on any atom is 0.238 e. The Morgan fingerprint density at radius 1 is 1.39 bits per heavy atom. The van der Waals surface area contributed by atoms with Gasteiger partial charge in [0.05, 0.1) is 6.20 Å². The number of anilines is 1. The first kappa shape index (κ1) is 12.8. The molecule has 0 amide bonds. The van der Waals surface area contributed by atoms with E-state index in [2.05, 4.69) is 15.4 Å². The number of rotatable bonds is 4. The summed E-state index contributed by atoms with van der Waals surface area (Å²) in [7, 11) is 0. The van der Waals surface area contributed by atoms with Crippen LogP contribution in [0.25, 0.3) is 0 Å². The third kappa shape index (κ3) is 2.96. The lowest BCUT2D eigenvalue weighted by Gasteiger charge is -2.06. The van der Waals surface area contributed by atoms with Gasteiger partial charge in [0.15, 0.2) is 5.82 Å². The van der Waals surface area contributed by atoms with E-state index in [0.29, 0.717) is 10.8 Å². The Morgan fingerprint density at radius 3 is 2.89 bits per heavy atom. The van der Waals surface area contributed by atoms with Crippen molar-refractivity contribution in [1.82, 2.24) is 9.97 Å². The van der Waals surface area contributed by atoms with Gasteiger partial charge in [-0.05, 0) is 18.1 Å². The molecule has 0 aliphatic heterocycles. The van der Waals surface area contributed by atoms with Gasteiger partial charge in [-0.1, -0.05) is 36.0 Å². The second-order valence-corrected chi connectivity index (χ2v) is 4.67. The van der Waals surface area contributed by atoms with Crippen molar-refractivity contribution < 1.29 is 4.39 Å². The highest BCUT2D eigenvalue weighted by atomic mass is 32.2. The number of nitrogens with two attached hydrogens (primary N) is 1. The third-order valence-corrected chi connectivity index (χ3v) is 3.48. The van der Waals surface area contributed by atoms with Crippen LogP contribution < -0.4 is 11.3 Å². The van der Waals surface area contributed by atoms with Gasteiger partial charge in [0.1, 0.15) is 5.03 Å². The molecule has 0 radical (unpaired) electrons. The molecule has 4 nitrogen and oxygen atoms in total. The van der Waals surface area contributed by atoms with E-state index < -0.39 is 5.82 Å². The number of thioether (sulfide) groups is 1. The molecule has 0 bridgehead atoms. The fourth-order valence-electron chi connectivity index (χ4n) is 1.44. The first-order valence-electron chi connectivity index (χ1n) is 5.37. The number of hydrazine groups is 1. The minimum Gasteiger partial charge on any atom is -0.292 e. The first-order valence-corrected chi connectivity index (χ1v) is 6.35. The van der Waals surface area contributed by atoms with E-state index >= 15 is 0 Å². The molecule has 3 N–H and O–H groups in total. The smallest absolute Gasteiger partial charge is 0.238 e. The van der Waals surface area contributed by atoms with Crippen molar-refractivity contribution in [2.24, 2.45) is 5.84 Å². The molecule has 18 heavy (non-hydrogen) atoms. The Labute approximate surface area is 109 Å². The quantitative estimate of drug-likeness (QED) is 0.384. The van der Waals surface area contributed by atoms with Crippen molar-refractivity contribution >= 4 is 17.7 Å². The number of halogens is 1. The van der Waals surface area contributed by atoms with Crippen LogP contribution in [0.1, 0.15) is 11.1 Å². The first-order chi connectivity index (χ1) is 8.70. The van der Waals surface area contributed by atoms with Gasteiger partial charge in [-0.15, -0.1) is 0 Å². The summed E-state index contributed by atoms with van der Waals surface area (Å²) in [4.78, 5) is 7.67. The molecule has 0 saturated heterocycles. The molecule has 94 valence electrons. The Morgan fingerprint density at radius 2 is 2.17 bits per heavy atom. The minimum absolute atomic E-state index is 0.212. The number of nitrogens with zero attached hydrogens (tertiary/aromatic N) is 2. The summed E-state index contributed by atoms with van der Waals surface area (Å²) in [6.07, 6.45) is 1.11. The molecule has 0 saturated carbocycles. The van der Waals surface area contributed by atoms with E-state index in [1.54, 1.807) is 0 Å². The summed E-state index contributed by atoms with van der Waals surface area (Å²) < 4.78 is 13.5. The fraction of sp³-hybridized carbons (Fsp3) is 0.167. The molecule has 0 atom stereocenters. The van der Waals surface area contributed by atoms with Crippen molar-refractivity contribution in [2.45, 2.75) is 17.7 Å². The number of hydrogen-bond acceptors (Lipinski definition) is 5. The number of benzene rings is 1. The molecular weight excluding hydrogens is 251 g/mol. The Kier molecular flexibility index (Phi) is 4.11. The lowest BCUT2D eigenvalue weighted by molar-refractivity contribution is 0.580. The number of aromatic nitrogens is 2. The van der Waals surface area contributed by atoms with Crippen LogP contribution in [0, 0.1) is 12.7 Å². The number of hydrogen-bond donors (Lipinski definition) is 2. The largest absolute Gasteiger partial charge is 0.292 e. The Hall–Kier alpha value is -1.66. The van der Waals surface area contributed by atoms with Gasteiger partial charge < -0.3 is 0 Å². The highest BCUT2D eigenvalue weighted by Crippen LogP contribution is 2.25. The zero-order chi connectivity index (χ0) is 13.0. The van der Waals surface area contributed by atoms with Crippen LogP contribution in [0.2, 0.25) is 0 Å². The Bertz CT molecular complexity index is 547. The molecule has 0 spiro atoms. The van der Waals surface area contributed by atoms with Gasteiger partial charge in [0.25, 0.3) is 0 Å². The van der Waals surface area contributed by atoms with Crippen LogP contribution in [0.4, 0.5) is 10.3 Å². The van der Waals surface area contributed by atoms with Crippen LogP contribution in [0.15, 0.2) is 35.5 Å². The average molecular weight is 264 g/mol. The maximum atomic E-state index is 13.5. The topological polar surface area (TPSA) is 63.8 Å². The van der Waals surface area contributed by atoms with Crippen LogP contribution in [0.5, 0.6) is 0 Å². The molecule has 1 aromatic heterocycles. The van der Waals surface area contributed by atoms with Gasteiger partial charge in [-0.3, -0.25) is 5.43 Å². The third-order valence-electron chi connectivity index (χ3n) is 2.47. The SMILES string of the molecule is Cc1ccccc1CSc1nc(NN)ncc1F. The monoisotopic (exact) mass is 264 g/mol. The van der Waals surface area contributed by atoms with E-state index in [9.17, 15) is 4.39 Å². The average Bonchev–Trinajstić information content (AvgIpc) is 2.39. The molecule has 6 heteroatoms. The Balaban J connectivity index is 2.13. The molecular formula is C12H13FN4S. The van der Waals surface area contributed by atoms with E-state index in [-0.39, 0.29) is 5.95 Å². The second kappa shape index (κ2) is 5.79. The second-order valence-electron chi connectivity index (χ2n) is 3.71. The number of aryl methyl sites for hydroxylation is 1. The summed E-state index contributed by atoms with van der Waals surface area (Å²) in [5.74, 6) is 5.63. The van der Waals surface area contributed by atoms with Gasteiger partial charge in [-0.2, -0.15) is 0 Å². The fourth-order valence-corrected chi connectivity index (χ4v) is 2.40. The van der Waals surface area contributed by atoms with Gasteiger partial charge in [0.2, 0.25) is 5.95 Å². The predicted octanol–water partition coefficient (Wildman–Crippen LogP) is 2.50. The highest BCUT2D eigenvalue weighted by molar-refractivity contribution is 7.98. The molecule has 0 fully saturated rings. The van der Waals surface area contributed by atoms with Crippen molar-refractivity contribution in [3.8, 4) is 0 Å². The van der Waals surface area contributed by atoms with Crippen molar-refractivity contribution in [1.29, 1.82) is 0 Å². The molecule has 2 rings (SSSR count). The standard InChI is InChI=1S/C12H13FN4S/c1-8-4-2-3-5-9(8)7-18-11-10(13)6-15-12(16-11)17-14/h2-6H,7,14H2,1H3,(H,15,16,17). The predicted molar refractivity (Wildman–Crippen MR) is 70.5 cm³/mol. The van der Waals surface area contributed by atoms with E-state index in [1.165, 1.54) is 17.3 Å². The lowest BCUT2D eigenvalue weighted by atomic mass is 10.1. The van der Waals surface area contributed by atoms with Gasteiger partial charge in [0, 0.05) is 5.75 Å². The number of nitrogen functional groups attached to an aromatic ring is 1. The van der Waals surface area contributed by atoms with Gasteiger partial charge in [-0.25, -0.2) is 20.2 Å². The number of nitrogens with one attached hydrogen (secondary N) is 1. The van der Waals surface area contributed by atoms with Crippen LogP contribution in [0.3, 0.4) is 0 Å². The maximum absolute atomic E-state index is 13.5. The zero-order valence-electron chi connectivity index (χ0n) is 9.85. The molecule has 2 aromatic rings. The minimum atomic E-state index is -0.437. The van der Waals surface area contributed by atoms with Gasteiger partial charge >= 0.3 is 0 Å². The lowest BCUT2D eigenvalue weighted by Crippen LogP contribution is -2.11. The van der Waals surface area contributed by atoms with Crippen LogP contribution >= 0.6 is 11.8 Å². The van der Waals surface area contributed by atoms with Crippen molar-refractivity contribution in [2.75, 3.05) is 5.43 Å². The van der Waals surface area contributed by atoms with Crippen molar-refractivity contribution in [3.05, 3.63) is 47.4 Å². The van der Waals surface area contributed by atoms with Crippen molar-refractivity contribution in [3.63, 3.8) is 0 Å². The molecule has 0 aliphatic rings. The summed E-state index contributed by atoms with van der Waals surface area (Å²) in [6.45, 7) is 2.03. The molecule has 1 heterocycles. The molecule has 0 unspecified atom stereocenters. The van der Waals surface area contributed by atoms with Crippen LogP contribution in [-0.2, 0) is 5.75 Å². The van der Waals surface area contributed by atoms with E-state index in [0.717, 1.165) is 11.8 Å². The summed E-state index contributed by atoms with van der Waals surface area (Å²) >= 11 is 1.32. The zero-order valence-corrected chi connectivity index (χ0v) is 10.7.